The Kier molecular flexibility index (Phi) is 6.44. The zero-order valence-electron chi connectivity index (χ0n) is 15.4. The van der Waals surface area contributed by atoms with Crippen LogP contribution in [0.1, 0.15) is 11.3 Å². The van der Waals surface area contributed by atoms with Crippen molar-refractivity contribution in [1.29, 1.82) is 0 Å². The molecule has 0 aliphatic rings. The number of nitrogens with zero attached hydrogens (tertiary/aromatic N) is 1. The Labute approximate surface area is 163 Å². The number of hydrogen-bond donors (Lipinski definition) is 1. The Morgan fingerprint density at radius 1 is 1.15 bits per heavy atom. The SMILES string of the molecule is COc1ccccc1-c1nc(CCNC(=O)COc2ccc(C)cc2)cs1. The molecular formula is C21H22N2O3S. The van der Waals surface area contributed by atoms with Gasteiger partial charge in [0.25, 0.3) is 5.91 Å². The Balaban J connectivity index is 1.46. The molecule has 140 valence electrons. The predicted molar refractivity (Wildman–Crippen MR) is 107 cm³/mol. The highest BCUT2D eigenvalue weighted by atomic mass is 32.1. The molecule has 0 unspecified atom stereocenters. The summed E-state index contributed by atoms with van der Waals surface area (Å²) >= 11 is 1.57. The molecule has 0 fully saturated rings. The molecule has 3 aromatic rings. The molecule has 1 N–H and O–H groups in total. The first-order valence-corrected chi connectivity index (χ1v) is 9.57. The average molecular weight is 382 g/mol. The van der Waals surface area contributed by atoms with Crippen molar-refractivity contribution >= 4 is 17.2 Å². The quantitative estimate of drug-likeness (QED) is 0.643. The summed E-state index contributed by atoms with van der Waals surface area (Å²) in [6.07, 6.45) is 0.669. The number of aromatic nitrogens is 1. The molecule has 1 amide bonds. The van der Waals surface area contributed by atoms with Crippen molar-refractivity contribution in [2.75, 3.05) is 20.3 Å². The van der Waals surface area contributed by atoms with Crippen LogP contribution in [0.15, 0.2) is 53.9 Å². The van der Waals surface area contributed by atoms with Crippen LogP contribution < -0.4 is 14.8 Å². The lowest BCUT2D eigenvalue weighted by Crippen LogP contribution is -2.30. The van der Waals surface area contributed by atoms with Crippen LogP contribution >= 0.6 is 11.3 Å². The van der Waals surface area contributed by atoms with Gasteiger partial charge in [-0.25, -0.2) is 4.98 Å². The van der Waals surface area contributed by atoms with E-state index < -0.39 is 0 Å². The molecule has 27 heavy (non-hydrogen) atoms. The number of carbonyl (C=O) groups excluding carboxylic acids is 1. The van der Waals surface area contributed by atoms with Crippen LogP contribution in [0.4, 0.5) is 0 Å². The lowest BCUT2D eigenvalue weighted by atomic mass is 10.2. The van der Waals surface area contributed by atoms with Gasteiger partial charge in [0, 0.05) is 18.3 Å². The molecule has 1 heterocycles. The van der Waals surface area contributed by atoms with Crippen LogP contribution in [0.3, 0.4) is 0 Å². The molecule has 5 nitrogen and oxygen atoms in total. The fraction of sp³-hybridized carbons (Fsp3) is 0.238. The van der Waals surface area contributed by atoms with Crippen molar-refractivity contribution < 1.29 is 14.3 Å². The summed E-state index contributed by atoms with van der Waals surface area (Å²) in [5.41, 5.74) is 3.08. The van der Waals surface area contributed by atoms with Crippen LogP contribution in [0, 0.1) is 6.92 Å². The third-order valence-corrected chi connectivity index (χ3v) is 4.91. The predicted octanol–water partition coefficient (Wildman–Crippen LogP) is 3.86. The number of nitrogens with one attached hydrogen (secondary N) is 1. The van der Waals surface area contributed by atoms with Crippen molar-refractivity contribution in [3.05, 3.63) is 65.2 Å². The summed E-state index contributed by atoms with van der Waals surface area (Å²) in [6, 6.07) is 15.4. The van der Waals surface area contributed by atoms with Gasteiger partial charge in [-0.15, -0.1) is 11.3 Å². The standard InChI is InChI=1S/C21H22N2O3S/c1-15-7-9-17(10-8-15)26-13-20(24)22-12-11-16-14-27-21(23-16)18-5-3-4-6-19(18)25-2/h3-10,14H,11-13H2,1-2H3,(H,22,24). The number of hydrogen-bond acceptors (Lipinski definition) is 5. The number of aryl methyl sites for hydroxylation is 1. The van der Waals surface area contributed by atoms with Crippen LogP contribution in [0.2, 0.25) is 0 Å². The fourth-order valence-electron chi connectivity index (χ4n) is 2.53. The summed E-state index contributed by atoms with van der Waals surface area (Å²) in [4.78, 5) is 16.6. The Bertz CT molecular complexity index is 890. The van der Waals surface area contributed by atoms with Gasteiger partial charge in [-0.3, -0.25) is 4.79 Å². The van der Waals surface area contributed by atoms with E-state index in [4.69, 9.17) is 9.47 Å². The van der Waals surface area contributed by atoms with E-state index in [9.17, 15) is 4.79 Å². The van der Waals surface area contributed by atoms with E-state index in [0.717, 1.165) is 27.6 Å². The molecule has 1 aromatic heterocycles. The molecule has 2 aromatic carbocycles. The Hall–Kier alpha value is -2.86. The van der Waals surface area contributed by atoms with Gasteiger partial charge < -0.3 is 14.8 Å². The summed E-state index contributed by atoms with van der Waals surface area (Å²) < 4.78 is 10.9. The second-order valence-electron chi connectivity index (χ2n) is 6.05. The van der Waals surface area contributed by atoms with Crippen molar-refractivity contribution in [3.8, 4) is 22.1 Å². The third-order valence-electron chi connectivity index (χ3n) is 3.98. The van der Waals surface area contributed by atoms with Crippen molar-refractivity contribution in [2.24, 2.45) is 0 Å². The highest BCUT2D eigenvalue weighted by molar-refractivity contribution is 7.13. The van der Waals surface area contributed by atoms with E-state index in [1.54, 1.807) is 18.4 Å². The third kappa shape index (κ3) is 5.31. The van der Waals surface area contributed by atoms with Crippen LogP contribution in [0.5, 0.6) is 11.5 Å². The topological polar surface area (TPSA) is 60.5 Å². The fourth-order valence-corrected chi connectivity index (χ4v) is 3.42. The number of methoxy groups -OCH3 is 1. The van der Waals surface area contributed by atoms with E-state index in [2.05, 4.69) is 10.3 Å². The second kappa shape index (κ2) is 9.19. The first-order valence-electron chi connectivity index (χ1n) is 8.69. The van der Waals surface area contributed by atoms with E-state index in [1.165, 1.54) is 0 Å². The van der Waals surface area contributed by atoms with Crippen LogP contribution in [-0.4, -0.2) is 31.2 Å². The second-order valence-corrected chi connectivity index (χ2v) is 6.90. The van der Waals surface area contributed by atoms with Gasteiger partial charge in [0.15, 0.2) is 6.61 Å². The van der Waals surface area contributed by atoms with E-state index in [0.29, 0.717) is 18.7 Å². The van der Waals surface area contributed by atoms with Crippen LogP contribution in [0.25, 0.3) is 10.6 Å². The molecule has 0 saturated carbocycles. The highest BCUT2D eigenvalue weighted by Gasteiger charge is 2.10. The molecule has 6 heteroatoms. The maximum atomic E-state index is 11.9. The minimum atomic E-state index is -0.143. The zero-order valence-corrected chi connectivity index (χ0v) is 16.2. The van der Waals surface area contributed by atoms with Gasteiger partial charge in [0.1, 0.15) is 16.5 Å². The van der Waals surface area contributed by atoms with Crippen molar-refractivity contribution in [2.45, 2.75) is 13.3 Å². The summed E-state index contributed by atoms with van der Waals surface area (Å²) in [6.45, 7) is 2.53. The molecule has 0 saturated heterocycles. The minimum Gasteiger partial charge on any atom is -0.496 e. The zero-order chi connectivity index (χ0) is 19.1. The molecule has 3 rings (SSSR count). The van der Waals surface area contributed by atoms with Gasteiger partial charge in [-0.2, -0.15) is 0 Å². The number of thiazole rings is 1. The smallest absolute Gasteiger partial charge is 0.257 e. The molecule has 0 aliphatic carbocycles. The molecule has 0 spiro atoms. The monoisotopic (exact) mass is 382 g/mol. The van der Waals surface area contributed by atoms with Crippen molar-refractivity contribution in [1.82, 2.24) is 10.3 Å². The largest absolute Gasteiger partial charge is 0.496 e. The molecule has 0 bridgehead atoms. The number of carbonyl (C=O) groups is 1. The van der Waals surface area contributed by atoms with E-state index >= 15 is 0 Å². The summed E-state index contributed by atoms with van der Waals surface area (Å²) in [5, 5.41) is 5.78. The Morgan fingerprint density at radius 2 is 1.93 bits per heavy atom. The number of para-hydroxylation sites is 1. The molecule has 0 atom stereocenters. The van der Waals surface area contributed by atoms with Crippen molar-refractivity contribution in [3.63, 3.8) is 0 Å². The van der Waals surface area contributed by atoms with Crippen LogP contribution in [-0.2, 0) is 11.2 Å². The molecule has 0 radical (unpaired) electrons. The van der Waals surface area contributed by atoms with E-state index in [-0.39, 0.29) is 12.5 Å². The first kappa shape index (κ1) is 18.9. The maximum Gasteiger partial charge on any atom is 0.257 e. The number of benzene rings is 2. The lowest BCUT2D eigenvalue weighted by Gasteiger charge is -2.07. The first-order chi connectivity index (χ1) is 13.2. The lowest BCUT2D eigenvalue weighted by molar-refractivity contribution is -0.123. The number of amides is 1. The van der Waals surface area contributed by atoms with Gasteiger partial charge in [0.2, 0.25) is 0 Å². The number of rotatable bonds is 8. The summed E-state index contributed by atoms with van der Waals surface area (Å²) in [7, 11) is 1.65. The van der Waals surface area contributed by atoms with Gasteiger partial charge in [0.05, 0.1) is 18.4 Å². The van der Waals surface area contributed by atoms with E-state index in [1.807, 2.05) is 60.8 Å². The normalized spacial score (nSPS) is 10.4. The maximum absolute atomic E-state index is 11.9. The Morgan fingerprint density at radius 3 is 2.70 bits per heavy atom. The average Bonchev–Trinajstić information content (AvgIpc) is 3.16. The highest BCUT2D eigenvalue weighted by Crippen LogP contribution is 2.31. The summed E-state index contributed by atoms with van der Waals surface area (Å²) in [5.74, 6) is 1.35. The molecular weight excluding hydrogens is 360 g/mol. The van der Waals surface area contributed by atoms with Gasteiger partial charge in [-0.1, -0.05) is 29.8 Å². The van der Waals surface area contributed by atoms with Gasteiger partial charge >= 0.3 is 0 Å². The molecule has 0 aliphatic heterocycles. The van der Waals surface area contributed by atoms with Gasteiger partial charge in [-0.05, 0) is 31.2 Å². The number of ether oxygens (including phenoxy) is 2. The minimum absolute atomic E-state index is 0.00654.